The number of fused-ring (bicyclic) bond motifs is 1. The van der Waals surface area contributed by atoms with E-state index in [-0.39, 0.29) is 24.8 Å². The number of thiocarbonyl (C=S) groups is 1. The van der Waals surface area contributed by atoms with Crippen molar-refractivity contribution in [1.82, 2.24) is 25.1 Å². The molecule has 0 aliphatic carbocycles. The van der Waals surface area contributed by atoms with E-state index in [1.807, 2.05) is 0 Å². The van der Waals surface area contributed by atoms with E-state index in [1.54, 1.807) is 48.5 Å². The molecule has 2 aromatic heterocycles. The van der Waals surface area contributed by atoms with Crippen LogP contribution < -0.4 is 15.0 Å². The molecule has 1 aliphatic heterocycles. The summed E-state index contributed by atoms with van der Waals surface area (Å²) in [5.41, 5.74) is 0.453. The maximum absolute atomic E-state index is 13.8. The Morgan fingerprint density at radius 1 is 1.31 bits per heavy atom. The molecule has 0 unspecified atom stereocenters. The van der Waals surface area contributed by atoms with E-state index in [1.165, 1.54) is 17.1 Å². The Balaban J connectivity index is 1.45. The van der Waals surface area contributed by atoms with Crippen LogP contribution in [-0.4, -0.2) is 50.3 Å². The lowest BCUT2D eigenvalue weighted by Crippen LogP contribution is -2.48. The minimum absolute atomic E-state index is 0.0355. The number of likely N-dealkylation sites (N-methyl/N-ethyl adjacent to an activating group) is 1. The maximum atomic E-state index is 13.8. The van der Waals surface area contributed by atoms with Gasteiger partial charge in [-0.15, -0.1) is 5.10 Å². The lowest BCUT2D eigenvalue weighted by atomic mass is 10.2. The number of halogens is 1. The van der Waals surface area contributed by atoms with Gasteiger partial charge in [-0.2, -0.15) is 0 Å². The van der Waals surface area contributed by atoms with Gasteiger partial charge < -0.3 is 15.0 Å². The van der Waals surface area contributed by atoms with Crippen molar-refractivity contribution in [2.75, 3.05) is 18.6 Å². The van der Waals surface area contributed by atoms with Crippen LogP contribution in [-0.2, 0) is 6.54 Å². The highest BCUT2D eigenvalue weighted by molar-refractivity contribution is 7.80. The second-order valence-corrected chi connectivity index (χ2v) is 6.83. The van der Waals surface area contributed by atoms with E-state index < -0.39 is 11.9 Å². The third-order valence-electron chi connectivity index (χ3n) is 4.44. The Morgan fingerprint density at radius 3 is 2.97 bits per heavy atom. The van der Waals surface area contributed by atoms with Crippen molar-refractivity contribution in [3.63, 3.8) is 0 Å². The summed E-state index contributed by atoms with van der Waals surface area (Å²) in [7, 11) is 1.77. The molecule has 1 aliphatic rings. The van der Waals surface area contributed by atoms with E-state index in [0.29, 0.717) is 22.1 Å². The molecule has 148 valence electrons. The highest BCUT2D eigenvalue weighted by atomic mass is 32.1. The number of carbonyl (C=O) groups is 1. The molecule has 8 nitrogen and oxygen atoms in total. The summed E-state index contributed by atoms with van der Waals surface area (Å²) in [5, 5.41) is 6.93. The van der Waals surface area contributed by atoms with Gasteiger partial charge in [0.1, 0.15) is 29.8 Å². The fourth-order valence-corrected chi connectivity index (χ4v) is 3.14. The first-order valence-electron chi connectivity index (χ1n) is 8.82. The van der Waals surface area contributed by atoms with E-state index in [4.69, 9.17) is 17.0 Å². The van der Waals surface area contributed by atoms with Gasteiger partial charge in [0.25, 0.3) is 5.91 Å². The second kappa shape index (κ2) is 7.92. The zero-order valence-electron chi connectivity index (χ0n) is 15.4. The number of hydrogen-bond donors (Lipinski definition) is 1. The van der Waals surface area contributed by atoms with Crippen LogP contribution >= 0.6 is 12.2 Å². The van der Waals surface area contributed by atoms with Gasteiger partial charge in [0.15, 0.2) is 11.6 Å². The molecule has 3 heterocycles. The van der Waals surface area contributed by atoms with Gasteiger partial charge in [-0.1, -0.05) is 30.4 Å². The van der Waals surface area contributed by atoms with Gasteiger partial charge in [0.05, 0.1) is 6.54 Å². The van der Waals surface area contributed by atoms with Crippen LogP contribution in [0.1, 0.15) is 16.2 Å². The van der Waals surface area contributed by atoms with Gasteiger partial charge >= 0.3 is 0 Å². The number of anilines is 1. The van der Waals surface area contributed by atoms with Crippen LogP contribution in [0.25, 0.3) is 0 Å². The highest BCUT2D eigenvalue weighted by Gasteiger charge is 2.29. The van der Waals surface area contributed by atoms with Gasteiger partial charge in [-0.05, 0) is 18.2 Å². The predicted molar refractivity (Wildman–Crippen MR) is 108 cm³/mol. The van der Waals surface area contributed by atoms with Crippen molar-refractivity contribution >= 4 is 28.9 Å². The SMILES string of the molecule is CN1C(=S)[C@@H](NC(=O)c2ncn(Cc3ccccc3F)n2)COc2cccnc21. The summed E-state index contributed by atoms with van der Waals surface area (Å²) in [6, 6.07) is 9.37. The van der Waals surface area contributed by atoms with Gasteiger partial charge in [-0.3, -0.25) is 4.79 Å². The van der Waals surface area contributed by atoms with E-state index in [0.717, 1.165) is 0 Å². The molecule has 0 bridgehead atoms. The van der Waals surface area contributed by atoms with E-state index in [9.17, 15) is 9.18 Å². The van der Waals surface area contributed by atoms with Crippen LogP contribution in [0, 0.1) is 5.82 Å². The number of pyridine rings is 1. The van der Waals surface area contributed by atoms with Crippen molar-refractivity contribution in [2.45, 2.75) is 12.6 Å². The third-order valence-corrected chi connectivity index (χ3v) is 5.00. The molecule has 0 saturated heterocycles. The number of hydrogen-bond acceptors (Lipinski definition) is 6. The fraction of sp³-hybridized carbons (Fsp3) is 0.211. The zero-order valence-corrected chi connectivity index (χ0v) is 16.3. The Labute approximate surface area is 171 Å². The molecule has 0 saturated carbocycles. The molecule has 1 N–H and O–H groups in total. The summed E-state index contributed by atoms with van der Waals surface area (Å²) >= 11 is 5.49. The number of nitrogens with zero attached hydrogens (tertiary/aromatic N) is 5. The average Bonchev–Trinajstić information content (AvgIpc) is 3.16. The van der Waals surface area contributed by atoms with Crippen LogP contribution in [0.5, 0.6) is 5.75 Å². The number of amides is 1. The van der Waals surface area contributed by atoms with Crippen LogP contribution in [0.2, 0.25) is 0 Å². The first-order chi connectivity index (χ1) is 14.0. The highest BCUT2D eigenvalue weighted by Crippen LogP contribution is 2.27. The quantitative estimate of drug-likeness (QED) is 0.654. The normalized spacial score (nSPS) is 16.0. The molecule has 1 amide bonds. The molecule has 29 heavy (non-hydrogen) atoms. The summed E-state index contributed by atoms with van der Waals surface area (Å²) in [6.07, 6.45) is 3.03. The average molecular weight is 412 g/mol. The second-order valence-electron chi connectivity index (χ2n) is 6.42. The van der Waals surface area contributed by atoms with Crippen LogP contribution in [0.3, 0.4) is 0 Å². The number of rotatable bonds is 4. The zero-order chi connectivity index (χ0) is 20.4. The third kappa shape index (κ3) is 3.92. The first-order valence-corrected chi connectivity index (χ1v) is 9.23. The van der Waals surface area contributed by atoms with Crippen LogP contribution in [0.4, 0.5) is 10.2 Å². The van der Waals surface area contributed by atoms with Crippen molar-refractivity contribution in [3.05, 3.63) is 66.1 Å². The summed E-state index contributed by atoms with van der Waals surface area (Å²) < 4.78 is 20.9. The lowest BCUT2D eigenvalue weighted by molar-refractivity contribution is 0.0927. The van der Waals surface area contributed by atoms with Gasteiger partial charge in [-0.25, -0.2) is 19.0 Å². The molecule has 1 aromatic carbocycles. The molecular formula is C19H17FN6O2S. The number of ether oxygens (including phenoxy) is 1. The molecule has 0 spiro atoms. The first kappa shape index (κ1) is 18.9. The van der Waals surface area contributed by atoms with E-state index in [2.05, 4.69) is 20.4 Å². The summed E-state index contributed by atoms with van der Waals surface area (Å²) in [4.78, 5) is 23.1. The molecule has 1 atom stereocenters. The van der Waals surface area contributed by atoms with Crippen molar-refractivity contribution in [1.29, 1.82) is 0 Å². The largest absolute Gasteiger partial charge is 0.487 e. The van der Waals surface area contributed by atoms with Gasteiger partial charge in [0, 0.05) is 18.8 Å². The molecule has 4 rings (SSSR count). The lowest BCUT2D eigenvalue weighted by Gasteiger charge is -2.22. The number of carbonyl (C=O) groups excluding carboxylic acids is 1. The Kier molecular flexibility index (Phi) is 5.17. The Morgan fingerprint density at radius 2 is 2.14 bits per heavy atom. The minimum atomic E-state index is -0.560. The number of aromatic nitrogens is 4. The predicted octanol–water partition coefficient (Wildman–Crippen LogP) is 1.82. The summed E-state index contributed by atoms with van der Waals surface area (Å²) in [5.74, 6) is 0.293. The monoisotopic (exact) mass is 412 g/mol. The molecule has 3 aromatic rings. The maximum Gasteiger partial charge on any atom is 0.291 e. The Bertz CT molecular complexity index is 1070. The molecular weight excluding hydrogens is 395 g/mol. The topological polar surface area (TPSA) is 85.2 Å². The standard InChI is InChI=1S/C19H17FN6O2S/c1-25-17-15(7-4-8-21-17)28-10-14(19(25)29)23-18(27)16-22-11-26(24-16)9-12-5-2-3-6-13(12)20/h2-8,11,14H,9-10H2,1H3,(H,23,27)/t14-/m0/s1. The smallest absolute Gasteiger partial charge is 0.291 e. The van der Waals surface area contributed by atoms with Gasteiger partial charge in [0.2, 0.25) is 5.82 Å². The molecule has 10 heteroatoms. The van der Waals surface area contributed by atoms with Crippen molar-refractivity contribution in [2.24, 2.45) is 0 Å². The van der Waals surface area contributed by atoms with Crippen LogP contribution in [0.15, 0.2) is 48.9 Å². The Hall–Kier alpha value is -3.40. The fourth-order valence-electron chi connectivity index (χ4n) is 2.93. The van der Waals surface area contributed by atoms with Crippen molar-refractivity contribution < 1.29 is 13.9 Å². The molecule has 0 fully saturated rings. The number of nitrogens with one attached hydrogen (secondary N) is 1. The number of benzene rings is 1. The molecule has 0 radical (unpaired) electrons. The summed E-state index contributed by atoms with van der Waals surface area (Å²) in [6.45, 7) is 0.325. The van der Waals surface area contributed by atoms with Crippen molar-refractivity contribution in [3.8, 4) is 5.75 Å². The van der Waals surface area contributed by atoms with E-state index >= 15 is 0 Å². The minimum Gasteiger partial charge on any atom is -0.487 e.